The number of nitrogens with zero attached hydrogens (tertiary/aromatic N) is 3. The van der Waals surface area contributed by atoms with Gasteiger partial charge in [0.05, 0.1) is 22.6 Å². The van der Waals surface area contributed by atoms with E-state index >= 15 is 0 Å². The molecule has 0 atom stereocenters. The molecule has 150 valence electrons. The van der Waals surface area contributed by atoms with Crippen LogP contribution in [0, 0.1) is 19.7 Å². The molecular weight excluding hydrogens is 367 g/mol. The van der Waals surface area contributed by atoms with Gasteiger partial charge in [0.2, 0.25) is 0 Å². The van der Waals surface area contributed by atoms with Crippen molar-refractivity contribution in [3.05, 3.63) is 76.4 Å². The largest absolute Gasteiger partial charge is 0.374 e. The number of aryl methyl sites for hydroxylation is 2. The molecular formula is C23H25FN4O. The van der Waals surface area contributed by atoms with Crippen LogP contribution in [0.3, 0.4) is 0 Å². The summed E-state index contributed by atoms with van der Waals surface area (Å²) in [7, 11) is 2.11. The average molecular weight is 392 g/mol. The van der Waals surface area contributed by atoms with Crippen molar-refractivity contribution in [2.24, 2.45) is 0 Å². The number of nitrogens with one attached hydrogen (secondary N) is 1. The van der Waals surface area contributed by atoms with Crippen LogP contribution in [-0.4, -0.2) is 29.3 Å². The zero-order chi connectivity index (χ0) is 20.5. The fourth-order valence-electron chi connectivity index (χ4n) is 4.02. The summed E-state index contributed by atoms with van der Waals surface area (Å²) in [5.74, 6) is -0.451. The highest BCUT2D eigenvalue weighted by atomic mass is 19.1. The van der Waals surface area contributed by atoms with E-state index in [4.69, 9.17) is 0 Å². The van der Waals surface area contributed by atoms with E-state index in [2.05, 4.69) is 40.6 Å². The molecule has 29 heavy (non-hydrogen) atoms. The van der Waals surface area contributed by atoms with E-state index in [1.165, 1.54) is 23.4 Å². The van der Waals surface area contributed by atoms with E-state index in [1.54, 1.807) is 16.8 Å². The van der Waals surface area contributed by atoms with Crippen molar-refractivity contribution >= 4 is 11.6 Å². The van der Waals surface area contributed by atoms with Crippen molar-refractivity contribution in [3.63, 3.8) is 0 Å². The minimum Gasteiger partial charge on any atom is -0.374 e. The molecule has 0 fully saturated rings. The predicted octanol–water partition coefficient (Wildman–Crippen LogP) is 3.94. The van der Waals surface area contributed by atoms with Gasteiger partial charge in [0.25, 0.3) is 5.91 Å². The Bertz CT molecular complexity index is 1060. The summed E-state index contributed by atoms with van der Waals surface area (Å²) in [6.45, 7) is 5.22. The first-order valence-electron chi connectivity index (χ1n) is 9.87. The minimum atomic E-state index is -0.301. The molecule has 0 bridgehead atoms. The number of aromatic nitrogens is 2. The third-order valence-corrected chi connectivity index (χ3v) is 5.54. The lowest BCUT2D eigenvalue weighted by Gasteiger charge is -2.27. The van der Waals surface area contributed by atoms with E-state index in [-0.39, 0.29) is 11.7 Å². The highest BCUT2D eigenvalue weighted by Crippen LogP contribution is 2.27. The van der Waals surface area contributed by atoms with Gasteiger partial charge >= 0.3 is 0 Å². The van der Waals surface area contributed by atoms with E-state index in [9.17, 15) is 9.18 Å². The smallest absolute Gasteiger partial charge is 0.255 e. The van der Waals surface area contributed by atoms with Crippen molar-refractivity contribution in [1.29, 1.82) is 0 Å². The average Bonchev–Trinajstić information content (AvgIpc) is 3.01. The number of rotatable bonds is 4. The van der Waals surface area contributed by atoms with Crippen LogP contribution in [0.25, 0.3) is 5.69 Å². The molecule has 1 aliphatic rings. The van der Waals surface area contributed by atoms with E-state index in [1.807, 2.05) is 13.8 Å². The molecule has 0 saturated carbocycles. The molecule has 1 aliphatic heterocycles. The molecule has 1 amide bonds. The zero-order valence-corrected chi connectivity index (χ0v) is 17.0. The van der Waals surface area contributed by atoms with Crippen LogP contribution < -0.4 is 10.2 Å². The highest BCUT2D eigenvalue weighted by molar-refractivity contribution is 5.96. The van der Waals surface area contributed by atoms with Gasteiger partial charge < -0.3 is 10.2 Å². The Balaban J connectivity index is 1.51. The van der Waals surface area contributed by atoms with E-state index in [0.29, 0.717) is 17.8 Å². The molecule has 4 rings (SSSR count). The van der Waals surface area contributed by atoms with Crippen LogP contribution in [0.15, 0.2) is 42.5 Å². The monoisotopic (exact) mass is 392 g/mol. The van der Waals surface area contributed by atoms with Gasteiger partial charge in [-0.15, -0.1) is 0 Å². The Morgan fingerprint density at radius 2 is 1.93 bits per heavy atom. The van der Waals surface area contributed by atoms with Crippen molar-refractivity contribution in [2.45, 2.75) is 33.2 Å². The predicted molar refractivity (Wildman–Crippen MR) is 112 cm³/mol. The lowest BCUT2D eigenvalue weighted by Crippen LogP contribution is -2.26. The van der Waals surface area contributed by atoms with Crippen LogP contribution >= 0.6 is 0 Å². The molecule has 2 aromatic carbocycles. The number of hydrogen-bond donors (Lipinski definition) is 1. The van der Waals surface area contributed by atoms with Gasteiger partial charge in [-0.1, -0.05) is 12.1 Å². The van der Waals surface area contributed by atoms with Gasteiger partial charge in [-0.2, -0.15) is 5.10 Å². The second-order valence-electron chi connectivity index (χ2n) is 7.60. The normalized spacial score (nSPS) is 13.3. The van der Waals surface area contributed by atoms with E-state index < -0.39 is 0 Å². The molecule has 1 aromatic heterocycles. The molecule has 0 spiro atoms. The van der Waals surface area contributed by atoms with Gasteiger partial charge in [-0.25, -0.2) is 9.07 Å². The molecule has 0 unspecified atom stereocenters. The van der Waals surface area contributed by atoms with Gasteiger partial charge in [0.1, 0.15) is 5.82 Å². The number of halogens is 1. The number of anilines is 1. The first-order valence-corrected chi connectivity index (χ1v) is 9.87. The highest BCUT2D eigenvalue weighted by Gasteiger charge is 2.20. The first kappa shape index (κ1) is 19.2. The summed E-state index contributed by atoms with van der Waals surface area (Å²) in [6, 6.07) is 12.5. The fourth-order valence-corrected chi connectivity index (χ4v) is 4.02. The van der Waals surface area contributed by atoms with Crippen LogP contribution in [0.4, 0.5) is 10.1 Å². The maximum atomic E-state index is 13.2. The Morgan fingerprint density at radius 1 is 1.17 bits per heavy atom. The molecule has 0 radical (unpaired) electrons. The Hall–Kier alpha value is -3.15. The first-order chi connectivity index (χ1) is 13.9. The molecule has 0 aliphatic carbocycles. The molecule has 6 heteroatoms. The number of carbonyl (C=O) groups is 1. The number of amides is 1. The summed E-state index contributed by atoms with van der Waals surface area (Å²) in [5.41, 5.74) is 6.38. The Kier molecular flexibility index (Phi) is 5.09. The van der Waals surface area contributed by atoms with Crippen LogP contribution in [0.1, 0.15) is 39.3 Å². The lowest BCUT2D eigenvalue weighted by atomic mass is 9.99. The third kappa shape index (κ3) is 3.75. The lowest BCUT2D eigenvalue weighted by molar-refractivity contribution is 0.0949. The standard InChI is InChI=1S/C23H25FN4O/c1-15-22(16(2)28(26-15)20-9-7-19(24)8-10-20)23(29)25-14-17-6-11-21-18(13-17)5-4-12-27(21)3/h6-11,13H,4-5,12,14H2,1-3H3,(H,25,29). The third-order valence-electron chi connectivity index (χ3n) is 5.54. The number of fused-ring (bicyclic) bond motifs is 1. The van der Waals surface area contributed by atoms with E-state index in [0.717, 1.165) is 36.3 Å². The molecule has 3 aromatic rings. The number of benzene rings is 2. The fraction of sp³-hybridized carbons (Fsp3) is 0.304. The van der Waals surface area contributed by atoms with Gasteiger partial charge in [-0.05, 0) is 68.1 Å². The SMILES string of the molecule is Cc1nn(-c2ccc(F)cc2)c(C)c1C(=O)NCc1ccc2c(c1)CCCN2C. The molecule has 1 N–H and O–H groups in total. The summed E-state index contributed by atoms with van der Waals surface area (Å²) in [4.78, 5) is 15.1. The van der Waals surface area contributed by atoms with Crippen LogP contribution in [0.2, 0.25) is 0 Å². The molecule has 2 heterocycles. The maximum absolute atomic E-state index is 13.2. The number of carbonyl (C=O) groups excluding carboxylic acids is 1. The molecule has 0 saturated heterocycles. The van der Waals surface area contributed by atoms with Crippen LogP contribution in [0.5, 0.6) is 0 Å². The second kappa shape index (κ2) is 7.70. The van der Waals surface area contributed by atoms with Gasteiger partial charge in [-0.3, -0.25) is 4.79 Å². The number of hydrogen-bond acceptors (Lipinski definition) is 3. The maximum Gasteiger partial charge on any atom is 0.255 e. The Morgan fingerprint density at radius 3 is 2.69 bits per heavy atom. The van der Waals surface area contributed by atoms with Crippen molar-refractivity contribution in [1.82, 2.24) is 15.1 Å². The van der Waals surface area contributed by atoms with Gasteiger partial charge in [0, 0.05) is 25.8 Å². The van der Waals surface area contributed by atoms with Gasteiger partial charge in [0.15, 0.2) is 0 Å². The van der Waals surface area contributed by atoms with Crippen molar-refractivity contribution in [2.75, 3.05) is 18.5 Å². The van der Waals surface area contributed by atoms with Crippen LogP contribution in [-0.2, 0) is 13.0 Å². The quantitative estimate of drug-likeness (QED) is 0.732. The minimum absolute atomic E-state index is 0.150. The molecule has 5 nitrogen and oxygen atoms in total. The topological polar surface area (TPSA) is 50.2 Å². The summed E-state index contributed by atoms with van der Waals surface area (Å²) in [5, 5.41) is 7.50. The van der Waals surface area contributed by atoms with Crippen molar-refractivity contribution < 1.29 is 9.18 Å². The summed E-state index contributed by atoms with van der Waals surface area (Å²) < 4.78 is 14.9. The summed E-state index contributed by atoms with van der Waals surface area (Å²) in [6.07, 6.45) is 2.23. The Labute approximate surface area is 170 Å². The van der Waals surface area contributed by atoms with Crippen molar-refractivity contribution in [3.8, 4) is 5.69 Å². The zero-order valence-electron chi connectivity index (χ0n) is 17.0. The second-order valence-corrected chi connectivity index (χ2v) is 7.60. The summed E-state index contributed by atoms with van der Waals surface area (Å²) >= 11 is 0.